The molecule has 2 aromatic carbocycles. The Labute approximate surface area is 202 Å². The average molecular weight is 558 g/mol. The highest BCUT2D eigenvalue weighted by Gasteiger charge is 2.29. The first-order chi connectivity index (χ1) is 14.5. The molecule has 0 aromatic heterocycles. The summed E-state index contributed by atoms with van der Waals surface area (Å²) in [6, 6.07) is 16.6. The number of guanidine groups is 1. The fourth-order valence-corrected chi connectivity index (χ4v) is 4.98. The van der Waals surface area contributed by atoms with E-state index in [0.717, 1.165) is 36.7 Å². The Kier molecular flexibility index (Phi) is 10.0. The van der Waals surface area contributed by atoms with Crippen molar-refractivity contribution in [1.82, 2.24) is 14.9 Å². The van der Waals surface area contributed by atoms with Crippen molar-refractivity contribution in [3.05, 3.63) is 60.2 Å². The number of hydrogen-bond acceptors (Lipinski definition) is 4. The van der Waals surface area contributed by atoms with E-state index < -0.39 is 10.0 Å². The minimum atomic E-state index is -3.40. The maximum absolute atomic E-state index is 12.7. The predicted octanol–water partition coefficient (Wildman–Crippen LogP) is 3.08. The second kappa shape index (κ2) is 12.3. The van der Waals surface area contributed by atoms with Gasteiger partial charge in [-0.25, -0.2) is 8.42 Å². The molecule has 1 aliphatic rings. The highest BCUT2D eigenvalue weighted by Crippen LogP contribution is 2.23. The van der Waals surface area contributed by atoms with Crippen LogP contribution >= 0.6 is 24.0 Å². The molecule has 0 bridgehead atoms. The summed E-state index contributed by atoms with van der Waals surface area (Å²) in [5.41, 5.74) is 1.14. The maximum Gasteiger partial charge on any atom is 0.243 e. The first-order valence-electron chi connectivity index (χ1n) is 10.2. The number of nitrogens with zero attached hydrogens (tertiary/aromatic N) is 2. The molecule has 0 unspecified atom stereocenters. The molecule has 1 saturated heterocycles. The average Bonchev–Trinajstić information content (AvgIpc) is 2.80. The first-order valence-corrected chi connectivity index (χ1v) is 11.6. The van der Waals surface area contributed by atoms with Gasteiger partial charge in [0, 0.05) is 33.2 Å². The molecule has 170 valence electrons. The van der Waals surface area contributed by atoms with Gasteiger partial charge in [0.15, 0.2) is 5.96 Å². The van der Waals surface area contributed by atoms with Crippen LogP contribution in [0, 0.1) is 5.92 Å². The summed E-state index contributed by atoms with van der Waals surface area (Å²) in [6.45, 7) is 2.52. The van der Waals surface area contributed by atoms with Crippen molar-refractivity contribution >= 4 is 40.0 Å². The molecular formula is C22H31IN4O3S. The fourth-order valence-electron chi connectivity index (χ4n) is 3.49. The summed E-state index contributed by atoms with van der Waals surface area (Å²) in [7, 11) is 0.00396. The Balaban J connectivity index is 0.00000341. The van der Waals surface area contributed by atoms with Gasteiger partial charge in [-0.15, -0.1) is 24.0 Å². The van der Waals surface area contributed by atoms with E-state index in [-0.39, 0.29) is 24.0 Å². The molecule has 31 heavy (non-hydrogen) atoms. The van der Waals surface area contributed by atoms with Crippen molar-refractivity contribution in [2.24, 2.45) is 10.9 Å². The largest absolute Gasteiger partial charge is 0.497 e. The Morgan fingerprint density at radius 1 is 1.06 bits per heavy atom. The van der Waals surface area contributed by atoms with Crippen molar-refractivity contribution in [1.29, 1.82) is 0 Å². The molecule has 9 heteroatoms. The molecule has 1 heterocycles. The minimum absolute atomic E-state index is 0. The van der Waals surface area contributed by atoms with Crippen LogP contribution in [-0.4, -0.2) is 52.5 Å². The van der Waals surface area contributed by atoms with E-state index in [1.165, 1.54) is 0 Å². The zero-order valence-corrected chi connectivity index (χ0v) is 21.1. The van der Waals surface area contributed by atoms with Crippen LogP contribution in [0.4, 0.5) is 0 Å². The number of aliphatic imine (C=N–C) groups is 1. The quantitative estimate of drug-likeness (QED) is 0.310. The number of piperidine rings is 1. The van der Waals surface area contributed by atoms with Gasteiger partial charge in [0.25, 0.3) is 0 Å². The highest BCUT2D eigenvalue weighted by molar-refractivity contribution is 14.0. The van der Waals surface area contributed by atoms with Gasteiger partial charge in [-0.3, -0.25) is 4.99 Å². The van der Waals surface area contributed by atoms with E-state index in [9.17, 15) is 8.42 Å². The van der Waals surface area contributed by atoms with Gasteiger partial charge in [0.1, 0.15) is 5.75 Å². The number of hydrogen-bond donors (Lipinski definition) is 2. The smallest absolute Gasteiger partial charge is 0.243 e. The summed E-state index contributed by atoms with van der Waals surface area (Å²) in [5.74, 6) is 1.98. The molecule has 2 N–H and O–H groups in total. The summed E-state index contributed by atoms with van der Waals surface area (Å²) in [5, 5.41) is 6.67. The van der Waals surface area contributed by atoms with Crippen LogP contribution in [0.15, 0.2) is 64.5 Å². The van der Waals surface area contributed by atoms with Gasteiger partial charge in [0.2, 0.25) is 10.0 Å². The van der Waals surface area contributed by atoms with Crippen LogP contribution in [-0.2, 0) is 16.6 Å². The van der Waals surface area contributed by atoms with E-state index in [0.29, 0.717) is 30.4 Å². The molecule has 0 aliphatic carbocycles. The van der Waals surface area contributed by atoms with Gasteiger partial charge in [0.05, 0.1) is 12.0 Å². The van der Waals surface area contributed by atoms with E-state index in [2.05, 4.69) is 15.6 Å². The summed E-state index contributed by atoms with van der Waals surface area (Å²) in [6.07, 6.45) is 1.66. The molecule has 0 spiro atoms. The lowest BCUT2D eigenvalue weighted by atomic mass is 9.98. The predicted molar refractivity (Wildman–Crippen MR) is 135 cm³/mol. The van der Waals surface area contributed by atoms with Crippen LogP contribution in [0.2, 0.25) is 0 Å². The topological polar surface area (TPSA) is 83.0 Å². The van der Waals surface area contributed by atoms with Crippen molar-refractivity contribution in [3.8, 4) is 5.75 Å². The normalized spacial score (nSPS) is 15.7. The molecule has 0 saturated carbocycles. The highest BCUT2D eigenvalue weighted by atomic mass is 127. The maximum atomic E-state index is 12.7. The third-order valence-electron chi connectivity index (χ3n) is 5.36. The van der Waals surface area contributed by atoms with Crippen molar-refractivity contribution in [2.75, 3.05) is 33.8 Å². The van der Waals surface area contributed by atoms with Crippen LogP contribution < -0.4 is 15.4 Å². The van der Waals surface area contributed by atoms with Gasteiger partial charge in [-0.1, -0.05) is 30.3 Å². The third kappa shape index (κ3) is 7.08. The first kappa shape index (κ1) is 25.4. The van der Waals surface area contributed by atoms with Crippen molar-refractivity contribution in [3.63, 3.8) is 0 Å². The molecule has 7 nitrogen and oxygen atoms in total. The number of halogens is 1. The zero-order valence-electron chi connectivity index (χ0n) is 18.0. The van der Waals surface area contributed by atoms with E-state index >= 15 is 0 Å². The molecule has 2 aromatic rings. The summed E-state index contributed by atoms with van der Waals surface area (Å²) < 4.78 is 32.3. The standard InChI is InChI=1S/C22H30N4O3S.HI/c1-23-22(24-16-18-8-10-20(29-2)11-9-18)25-17-19-12-14-26(15-13-19)30(27,28)21-6-4-3-5-7-21;/h3-11,19H,12-17H2,1-2H3,(H2,23,24,25);1H. The second-order valence-corrected chi connectivity index (χ2v) is 9.25. The number of ether oxygens (including phenoxy) is 1. The van der Waals surface area contributed by atoms with Crippen LogP contribution in [0.5, 0.6) is 5.75 Å². The molecule has 0 radical (unpaired) electrons. The van der Waals surface area contributed by atoms with E-state index in [4.69, 9.17) is 4.74 Å². The molecule has 3 rings (SSSR count). The van der Waals surface area contributed by atoms with Crippen LogP contribution in [0.1, 0.15) is 18.4 Å². The Bertz CT molecular complexity index is 929. The fraction of sp³-hybridized carbons (Fsp3) is 0.409. The lowest BCUT2D eigenvalue weighted by Gasteiger charge is -2.31. The number of nitrogens with one attached hydrogen (secondary N) is 2. The zero-order chi connectivity index (χ0) is 21.4. The van der Waals surface area contributed by atoms with Crippen molar-refractivity contribution < 1.29 is 13.2 Å². The molecular weight excluding hydrogens is 527 g/mol. The number of rotatable bonds is 7. The molecule has 0 amide bonds. The van der Waals surface area contributed by atoms with E-state index in [1.807, 2.05) is 30.3 Å². The van der Waals surface area contributed by atoms with Crippen LogP contribution in [0.3, 0.4) is 0 Å². The van der Waals surface area contributed by atoms with Crippen molar-refractivity contribution in [2.45, 2.75) is 24.3 Å². The SMILES string of the molecule is CN=C(NCc1ccc(OC)cc1)NCC1CCN(S(=O)(=O)c2ccccc2)CC1.I. The monoisotopic (exact) mass is 558 g/mol. The number of sulfonamides is 1. The minimum Gasteiger partial charge on any atom is -0.497 e. The van der Waals surface area contributed by atoms with E-state index in [1.54, 1.807) is 42.7 Å². The summed E-state index contributed by atoms with van der Waals surface area (Å²) >= 11 is 0. The van der Waals surface area contributed by atoms with Gasteiger partial charge in [-0.05, 0) is 48.6 Å². The van der Waals surface area contributed by atoms with Gasteiger partial charge < -0.3 is 15.4 Å². The Hall–Kier alpha value is -1.85. The van der Waals surface area contributed by atoms with Gasteiger partial charge in [-0.2, -0.15) is 4.31 Å². The molecule has 1 aliphatic heterocycles. The number of benzene rings is 2. The summed E-state index contributed by atoms with van der Waals surface area (Å²) in [4.78, 5) is 4.64. The Morgan fingerprint density at radius 3 is 2.29 bits per heavy atom. The second-order valence-electron chi connectivity index (χ2n) is 7.32. The third-order valence-corrected chi connectivity index (χ3v) is 7.27. The Morgan fingerprint density at radius 2 is 1.71 bits per heavy atom. The number of methoxy groups -OCH3 is 1. The molecule has 0 atom stereocenters. The van der Waals surface area contributed by atoms with Crippen LogP contribution in [0.25, 0.3) is 0 Å². The molecule has 1 fully saturated rings. The van der Waals surface area contributed by atoms with Gasteiger partial charge >= 0.3 is 0 Å². The lowest BCUT2D eigenvalue weighted by molar-refractivity contribution is 0.273. The lowest BCUT2D eigenvalue weighted by Crippen LogP contribution is -2.44.